The molecule has 0 radical (unpaired) electrons. The molecule has 0 aliphatic carbocycles. The van der Waals surface area contributed by atoms with E-state index in [-0.39, 0.29) is 5.88 Å². The highest BCUT2D eigenvalue weighted by Gasteiger charge is 2.17. The summed E-state index contributed by atoms with van der Waals surface area (Å²) in [4.78, 5) is 4.07. The van der Waals surface area contributed by atoms with Crippen LogP contribution >= 0.6 is 0 Å². The van der Waals surface area contributed by atoms with Crippen LogP contribution in [0.2, 0.25) is 0 Å². The van der Waals surface area contributed by atoms with Gasteiger partial charge in [0.2, 0.25) is 11.8 Å². The third-order valence-electron chi connectivity index (χ3n) is 2.08. The molecule has 2 aromatic rings. The van der Waals surface area contributed by atoms with E-state index in [9.17, 15) is 0 Å². The zero-order valence-corrected chi connectivity index (χ0v) is 8.93. The van der Waals surface area contributed by atoms with Gasteiger partial charge in [-0.25, -0.2) is 4.98 Å². The summed E-state index contributed by atoms with van der Waals surface area (Å²) in [6, 6.07) is 3.30. The van der Waals surface area contributed by atoms with Crippen molar-refractivity contribution in [3.8, 4) is 22.9 Å². The number of aromatic nitrogens is 2. The molecule has 0 spiro atoms. The van der Waals surface area contributed by atoms with E-state index in [1.165, 1.54) is 7.11 Å². The molecule has 0 aromatic carbocycles. The van der Waals surface area contributed by atoms with Gasteiger partial charge in [0.15, 0.2) is 0 Å². The van der Waals surface area contributed by atoms with Gasteiger partial charge in [-0.05, 0) is 6.07 Å². The lowest BCUT2D eigenvalue weighted by Crippen LogP contribution is -1.95. The fraction of sp³-hybridized carbons (Fsp3) is 0.200. The van der Waals surface area contributed by atoms with Gasteiger partial charge in [0.05, 0.1) is 14.2 Å². The van der Waals surface area contributed by atoms with Gasteiger partial charge in [0, 0.05) is 12.3 Å². The molecule has 0 unspecified atom stereocenters. The standard InChI is InChI=1S/C10H11N3O3/c1-14-7-3-4-12-10(15-2)9(7)6-5-8(11)16-13-6/h3-5H,11H2,1-2H3. The molecular weight excluding hydrogens is 210 g/mol. The Morgan fingerprint density at radius 3 is 2.69 bits per heavy atom. The molecule has 0 atom stereocenters. The molecule has 2 heterocycles. The third-order valence-corrected chi connectivity index (χ3v) is 2.08. The molecule has 6 nitrogen and oxygen atoms in total. The van der Waals surface area contributed by atoms with Crippen LogP contribution in [0, 0.1) is 0 Å². The van der Waals surface area contributed by atoms with E-state index in [0.717, 1.165) is 0 Å². The van der Waals surface area contributed by atoms with Crippen molar-refractivity contribution in [2.75, 3.05) is 20.0 Å². The Balaban J connectivity index is 2.60. The summed E-state index contributed by atoms with van der Waals surface area (Å²) in [5.41, 5.74) is 6.61. The Labute approximate surface area is 92.0 Å². The number of pyridine rings is 1. The largest absolute Gasteiger partial charge is 0.496 e. The van der Waals surface area contributed by atoms with Gasteiger partial charge in [-0.3, -0.25) is 0 Å². The Bertz CT molecular complexity index is 474. The minimum atomic E-state index is 0.225. The van der Waals surface area contributed by atoms with E-state index in [1.807, 2.05) is 0 Å². The molecule has 0 amide bonds. The number of hydrogen-bond donors (Lipinski definition) is 1. The highest BCUT2D eigenvalue weighted by molar-refractivity contribution is 5.73. The van der Waals surface area contributed by atoms with Crippen LogP contribution in [0.3, 0.4) is 0 Å². The number of ether oxygens (including phenoxy) is 2. The third kappa shape index (κ3) is 1.65. The van der Waals surface area contributed by atoms with E-state index >= 15 is 0 Å². The average molecular weight is 221 g/mol. The van der Waals surface area contributed by atoms with E-state index in [4.69, 9.17) is 19.7 Å². The minimum Gasteiger partial charge on any atom is -0.496 e. The topological polar surface area (TPSA) is 83.4 Å². The maximum Gasteiger partial charge on any atom is 0.226 e. The Morgan fingerprint density at radius 1 is 1.31 bits per heavy atom. The zero-order valence-electron chi connectivity index (χ0n) is 8.93. The second kappa shape index (κ2) is 4.09. The number of nitrogens with two attached hydrogens (primary N) is 1. The summed E-state index contributed by atoms with van der Waals surface area (Å²) >= 11 is 0. The summed E-state index contributed by atoms with van der Waals surface area (Å²) in [6.45, 7) is 0. The molecule has 6 heteroatoms. The first-order valence-electron chi connectivity index (χ1n) is 4.55. The summed E-state index contributed by atoms with van der Waals surface area (Å²) in [6.07, 6.45) is 1.59. The lowest BCUT2D eigenvalue weighted by molar-refractivity contribution is 0.383. The first kappa shape index (κ1) is 10.3. The molecule has 0 aliphatic rings. The molecule has 2 aromatic heterocycles. The number of rotatable bonds is 3. The zero-order chi connectivity index (χ0) is 11.5. The highest BCUT2D eigenvalue weighted by atomic mass is 16.5. The number of hydrogen-bond acceptors (Lipinski definition) is 6. The Morgan fingerprint density at radius 2 is 2.12 bits per heavy atom. The molecule has 0 aliphatic heterocycles. The van der Waals surface area contributed by atoms with Crippen molar-refractivity contribution in [1.82, 2.24) is 10.1 Å². The molecule has 16 heavy (non-hydrogen) atoms. The lowest BCUT2D eigenvalue weighted by atomic mass is 10.2. The van der Waals surface area contributed by atoms with Crippen LogP contribution in [0.4, 0.5) is 5.88 Å². The lowest BCUT2D eigenvalue weighted by Gasteiger charge is -2.08. The summed E-state index contributed by atoms with van der Waals surface area (Å²) in [7, 11) is 3.08. The molecule has 2 N–H and O–H groups in total. The molecule has 0 saturated heterocycles. The molecule has 0 fully saturated rings. The molecule has 2 rings (SSSR count). The van der Waals surface area contributed by atoms with Gasteiger partial charge in [-0.1, -0.05) is 5.16 Å². The van der Waals surface area contributed by atoms with Crippen LogP contribution in [-0.4, -0.2) is 24.4 Å². The molecule has 84 valence electrons. The fourth-order valence-electron chi connectivity index (χ4n) is 1.39. The van der Waals surface area contributed by atoms with Crippen LogP contribution in [0.15, 0.2) is 22.9 Å². The van der Waals surface area contributed by atoms with E-state index in [2.05, 4.69) is 10.1 Å². The predicted molar refractivity (Wildman–Crippen MR) is 57.3 cm³/mol. The van der Waals surface area contributed by atoms with Gasteiger partial charge in [0.25, 0.3) is 0 Å². The molecule has 0 saturated carbocycles. The minimum absolute atomic E-state index is 0.225. The van der Waals surface area contributed by atoms with E-state index in [0.29, 0.717) is 22.9 Å². The van der Waals surface area contributed by atoms with Crippen molar-refractivity contribution in [1.29, 1.82) is 0 Å². The summed E-state index contributed by atoms with van der Waals surface area (Å²) < 4.78 is 15.2. The SMILES string of the molecule is COc1ccnc(OC)c1-c1cc(N)on1. The van der Waals surface area contributed by atoms with Crippen molar-refractivity contribution in [3.63, 3.8) is 0 Å². The smallest absolute Gasteiger partial charge is 0.226 e. The Hall–Kier alpha value is -2.24. The summed E-state index contributed by atoms with van der Waals surface area (Å²) in [5, 5.41) is 3.80. The number of anilines is 1. The van der Waals surface area contributed by atoms with Crippen LogP contribution in [0.25, 0.3) is 11.3 Å². The predicted octanol–water partition coefficient (Wildman–Crippen LogP) is 1.34. The van der Waals surface area contributed by atoms with E-state index < -0.39 is 0 Å². The van der Waals surface area contributed by atoms with Gasteiger partial charge in [-0.2, -0.15) is 0 Å². The first-order chi connectivity index (χ1) is 7.76. The first-order valence-corrected chi connectivity index (χ1v) is 4.55. The van der Waals surface area contributed by atoms with Crippen molar-refractivity contribution < 1.29 is 14.0 Å². The quantitative estimate of drug-likeness (QED) is 0.841. The average Bonchev–Trinajstić information content (AvgIpc) is 2.74. The highest BCUT2D eigenvalue weighted by Crippen LogP contribution is 2.36. The van der Waals surface area contributed by atoms with E-state index in [1.54, 1.807) is 25.4 Å². The van der Waals surface area contributed by atoms with Crippen molar-refractivity contribution >= 4 is 5.88 Å². The van der Waals surface area contributed by atoms with Crippen LogP contribution in [-0.2, 0) is 0 Å². The maximum atomic E-state index is 5.47. The number of nitrogens with zero attached hydrogens (tertiary/aromatic N) is 2. The van der Waals surface area contributed by atoms with Gasteiger partial charge in [-0.15, -0.1) is 0 Å². The van der Waals surface area contributed by atoms with Crippen LogP contribution in [0.1, 0.15) is 0 Å². The summed E-state index contributed by atoms with van der Waals surface area (Å²) in [5.74, 6) is 1.23. The number of nitrogen functional groups attached to an aromatic ring is 1. The van der Waals surface area contributed by atoms with Gasteiger partial charge in [0.1, 0.15) is 17.0 Å². The number of methoxy groups -OCH3 is 2. The monoisotopic (exact) mass is 221 g/mol. The fourth-order valence-corrected chi connectivity index (χ4v) is 1.39. The second-order valence-electron chi connectivity index (χ2n) is 3.01. The Kier molecular flexibility index (Phi) is 2.63. The van der Waals surface area contributed by atoms with Crippen LogP contribution in [0.5, 0.6) is 11.6 Å². The normalized spacial score (nSPS) is 10.1. The van der Waals surface area contributed by atoms with Crippen molar-refractivity contribution in [3.05, 3.63) is 18.3 Å². The van der Waals surface area contributed by atoms with Crippen molar-refractivity contribution in [2.45, 2.75) is 0 Å². The molecular formula is C10H11N3O3. The van der Waals surface area contributed by atoms with Gasteiger partial charge < -0.3 is 19.7 Å². The van der Waals surface area contributed by atoms with Crippen LogP contribution < -0.4 is 15.2 Å². The second-order valence-corrected chi connectivity index (χ2v) is 3.01. The molecule has 0 bridgehead atoms. The van der Waals surface area contributed by atoms with Gasteiger partial charge >= 0.3 is 0 Å². The maximum absolute atomic E-state index is 5.47. The van der Waals surface area contributed by atoms with Crippen molar-refractivity contribution in [2.24, 2.45) is 0 Å².